The zero-order valence-electron chi connectivity index (χ0n) is 16.5. The summed E-state index contributed by atoms with van der Waals surface area (Å²) >= 11 is 0. The Bertz CT molecular complexity index is 1040. The maximum atomic E-state index is 12.4. The van der Waals surface area contributed by atoms with Crippen molar-refractivity contribution in [3.8, 4) is 0 Å². The van der Waals surface area contributed by atoms with Crippen molar-refractivity contribution < 1.29 is 4.79 Å². The Hall–Kier alpha value is -3.04. The first kappa shape index (κ1) is 20.3. The van der Waals surface area contributed by atoms with Crippen LogP contribution in [0.2, 0.25) is 0 Å². The van der Waals surface area contributed by atoms with Crippen molar-refractivity contribution in [2.24, 2.45) is 30.2 Å². The van der Waals surface area contributed by atoms with Gasteiger partial charge in [0, 0.05) is 19.8 Å². The summed E-state index contributed by atoms with van der Waals surface area (Å²) < 4.78 is 3.66. The van der Waals surface area contributed by atoms with E-state index in [1.54, 1.807) is 6.92 Å². The first-order valence-corrected chi connectivity index (χ1v) is 8.60. The van der Waals surface area contributed by atoms with Crippen LogP contribution in [0.25, 0.3) is 11.2 Å². The van der Waals surface area contributed by atoms with Crippen molar-refractivity contribution in [2.45, 2.75) is 40.7 Å². The van der Waals surface area contributed by atoms with Gasteiger partial charge in [0.05, 0.1) is 6.33 Å². The van der Waals surface area contributed by atoms with Gasteiger partial charge in [-0.2, -0.15) is 5.10 Å². The minimum absolute atomic E-state index is 0.133. The number of nitrogens with zero attached hydrogens (tertiary/aromatic N) is 6. The van der Waals surface area contributed by atoms with Crippen LogP contribution in [0.4, 0.5) is 0 Å². The maximum Gasteiger partial charge on any atom is 0.332 e. The molecule has 0 aliphatic rings. The average molecular weight is 375 g/mol. The van der Waals surface area contributed by atoms with Crippen LogP contribution in [0.5, 0.6) is 0 Å². The van der Waals surface area contributed by atoms with E-state index in [-0.39, 0.29) is 23.6 Å². The zero-order valence-corrected chi connectivity index (χ0v) is 16.5. The molecule has 2 aromatic heterocycles. The third-order valence-corrected chi connectivity index (χ3v) is 3.93. The van der Waals surface area contributed by atoms with Gasteiger partial charge in [-0.1, -0.05) is 13.8 Å². The molecule has 10 heteroatoms. The topological polar surface area (TPSA) is 116 Å². The van der Waals surface area contributed by atoms with Crippen LogP contribution < -0.4 is 16.6 Å². The summed E-state index contributed by atoms with van der Waals surface area (Å²) in [4.78, 5) is 40.7. The predicted octanol–water partition coefficient (Wildman–Crippen LogP) is 0.390. The standard InChI is InChI=1S/C17H25N7O3/c1-10(2)7-11(3)20-21-12(4)19-13(25)8-24-9-18-15-14(24)16(26)23(6)17(27)22(15)5/h9-10H,7-8H2,1-6H3,(H,19,21,25)/b20-11+. The van der Waals surface area contributed by atoms with Crippen LogP contribution in [0.1, 0.15) is 34.1 Å². The SMILES string of the molecule is C/C(CC(C)C)=N\N=C(/C)NC(=O)Cn1cnc2c1c(=O)n(C)c(=O)n2C. The highest BCUT2D eigenvalue weighted by Gasteiger charge is 2.16. The quantitative estimate of drug-likeness (QED) is 0.462. The normalized spacial score (nSPS) is 12.9. The van der Waals surface area contributed by atoms with Gasteiger partial charge in [-0.15, -0.1) is 5.10 Å². The molecular weight excluding hydrogens is 350 g/mol. The highest BCUT2D eigenvalue weighted by molar-refractivity contribution is 5.97. The van der Waals surface area contributed by atoms with Crippen molar-refractivity contribution in [3.05, 3.63) is 27.2 Å². The molecule has 10 nitrogen and oxygen atoms in total. The Morgan fingerprint density at radius 2 is 1.85 bits per heavy atom. The van der Waals surface area contributed by atoms with Gasteiger partial charge in [-0.3, -0.25) is 18.7 Å². The molecule has 2 aromatic rings. The third-order valence-electron chi connectivity index (χ3n) is 3.93. The second kappa shape index (κ2) is 8.11. The molecule has 0 bridgehead atoms. The molecule has 2 heterocycles. The molecule has 0 aliphatic carbocycles. The number of nitrogens with one attached hydrogen (secondary N) is 1. The van der Waals surface area contributed by atoms with E-state index in [0.29, 0.717) is 11.8 Å². The van der Waals surface area contributed by atoms with Gasteiger partial charge < -0.3 is 9.88 Å². The Morgan fingerprint density at radius 3 is 2.48 bits per heavy atom. The lowest BCUT2D eigenvalue weighted by Gasteiger charge is -2.07. The largest absolute Gasteiger partial charge is 0.332 e. The first-order valence-electron chi connectivity index (χ1n) is 8.60. The van der Waals surface area contributed by atoms with E-state index in [4.69, 9.17) is 0 Å². The molecule has 0 saturated heterocycles. The number of carbonyl (C=O) groups is 1. The summed E-state index contributed by atoms with van der Waals surface area (Å²) in [5.41, 5.74) is 0.325. The molecule has 146 valence electrons. The van der Waals surface area contributed by atoms with Gasteiger partial charge in [0.15, 0.2) is 11.2 Å². The molecule has 0 unspecified atom stereocenters. The molecule has 0 aliphatic heterocycles. The summed E-state index contributed by atoms with van der Waals surface area (Å²) in [5, 5.41) is 10.7. The summed E-state index contributed by atoms with van der Waals surface area (Å²) in [6.45, 7) is 7.57. The number of carbonyl (C=O) groups excluding carboxylic acids is 1. The van der Waals surface area contributed by atoms with E-state index in [9.17, 15) is 14.4 Å². The molecule has 27 heavy (non-hydrogen) atoms. The van der Waals surface area contributed by atoms with Crippen molar-refractivity contribution in [3.63, 3.8) is 0 Å². The third kappa shape index (κ3) is 4.57. The van der Waals surface area contributed by atoms with Gasteiger partial charge in [0.2, 0.25) is 5.91 Å². The summed E-state index contributed by atoms with van der Waals surface area (Å²) in [7, 11) is 2.91. The number of imidazole rings is 1. The molecule has 0 atom stereocenters. The minimum atomic E-state index is -0.502. The molecule has 0 spiro atoms. The highest BCUT2D eigenvalue weighted by Crippen LogP contribution is 2.05. The van der Waals surface area contributed by atoms with Crippen LogP contribution >= 0.6 is 0 Å². The second-order valence-corrected chi connectivity index (χ2v) is 6.92. The summed E-state index contributed by atoms with van der Waals surface area (Å²) in [5.74, 6) is 0.461. The number of hydrogen-bond donors (Lipinski definition) is 1. The van der Waals surface area contributed by atoms with E-state index >= 15 is 0 Å². The van der Waals surface area contributed by atoms with E-state index < -0.39 is 11.2 Å². The number of amides is 1. The van der Waals surface area contributed by atoms with Crippen LogP contribution in [-0.4, -0.2) is 36.1 Å². The van der Waals surface area contributed by atoms with Gasteiger partial charge in [-0.05, 0) is 26.2 Å². The Balaban J connectivity index is 2.20. The Kier molecular flexibility index (Phi) is 6.09. The number of rotatable bonds is 5. The fraction of sp³-hybridized carbons (Fsp3) is 0.529. The number of fused-ring (bicyclic) bond motifs is 1. The minimum Gasteiger partial charge on any atom is -0.315 e. The van der Waals surface area contributed by atoms with E-state index in [2.05, 4.69) is 34.4 Å². The van der Waals surface area contributed by atoms with Crippen molar-refractivity contribution in [2.75, 3.05) is 0 Å². The average Bonchev–Trinajstić information content (AvgIpc) is 2.99. The van der Waals surface area contributed by atoms with Crippen LogP contribution in [0.3, 0.4) is 0 Å². The lowest BCUT2D eigenvalue weighted by Crippen LogP contribution is -2.38. The van der Waals surface area contributed by atoms with Gasteiger partial charge in [0.1, 0.15) is 12.4 Å². The maximum absolute atomic E-state index is 12.4. The highest BCUT2D eigenvalue weighted by atomic mass is 16.2. The lowest BCUT2D eigenvalue weighted by atomic mass is 10.1. The van der Waals surface area contributed by atoms with Crippen LogP contribution in [-0.2, 0) is 25.4 Å². The Morgan fingerprint density at radius 1 is 1.19 bits per heavy atom. The molecule has 1 N–H and O–H groups in total. The van der Waals surface area contributed by atoms with Crippen molar-refractivity contribution in [1.29, 1.82) is 0 Å². The summed E-state index contributed by atoms with van der Waals surface area (Å²) in [6.07, 6.45) is 2.19. The van der Waals surface area contributed by atoms with Crippen molar-refractivity contribution >= 4 is 28.6 Å². The first-order chi connectivity index (χ1) is 12.6. The fourth-order valence-electron chi connectivity index (χ4n) is 2.73. The van der Waals surface area contributed by atoms with Crippen molar-refractivity contribution in [1.82, 2.24) is 24.0 Å². The van der Waals surface area contributed by atoms with Crippen LogP contribution in [0, 0.1) is 5.92 Å². The number of amidine groups is 1. The smallest absolute Gasteiger partial charge is 0.315 e. The molecular formula is C17H25N7O3. The van der Waals surface area contributed by atoms with Gasteiger partial charge in [-0.25, -0.2) is 9.78 Å². The molecule has 1 amide bonds. The van der Waals surface area contributed by atoms with E-state index in [1.807, 2.05) is 6.92 Å². The monoisotopic (exact) mass is 375 g/mol. The van der Waals surface area contributed by atoms with E-state index in [0.717, 1.165) is 16.7 Å². The number of aryl methyl sites for hydroxylation is 1. The zero-order chi connectivity index (χ0) is 20.3. The van der Waals surface area contributed by atoms with E-state index in [1.165, 1.54) is 29.6 Å². The van der Waals surface area contributed by atoms with Gasteiger partial charge >= 0.3 is 5.69 Å². The number of hydrogen-bond acceptors (Lipinski definition) is 6. The predicted molar refractivity (Wildman–Crippen MR) is 104 cm³/mol. The van der Waals surface area contributed by atoms with Crippen LogP contribution in [0.15, 0.2) is 26.1 Å². The lowest BCUT2D eigenvalue weighted by molar-refractivity contribution is -0.120. The summed E-state index contributed by atoms with van der Waals surface area (Å²) in [6, 6.07) is 0. The molecule has 2 rings (SSSR count). The van der Waals surface area contributed by atoms with Gasteiger partial charge in [0.25, 0.3) is 5.56 Å². The molecule has 0 fully saturated rings. The number of aromatic nitrogens is 4. The molecule has 0 radical (unpaired) electrons. The molecule has 0 aromatic carbocycles. The second-order valence-electron chi connectivity index (χ2n) is 6.92. The molecule has 0 saturated carbocycles. The Labute approximate surface area is 156 Å². The fourth-order valence-corrected chi connectivity index (χ4v) is 2.73.